The normalized spacial score (nSPS) is 11.3. The van der Waals surface area contributed by atoms with Crippen LogP contribution in [-0.2, 0) is 16.1 Å². The second-order valence-corrected chi connectivity index (χ2v) is 8.06. The van der Waals surface area contributed by atoms with Gasteiger partial charge in [-0.2, -0.15) is 10.1 Å². The monoisotopic (exact) mass is 469 g/mol. The third-order valence-electron chi connectivity index (χ3n) is 4.78. The SMILES string of the molecule is CCOC(=O)CCCn1ncc2cc(-c3noc(-c4cnc(OC(C)C)c(Cl)c4)n3)ccc21. The van der Waals surface area contributed by atoms with Crippen molar-refractivity contribution in [1.82, 2.24) is 24.9 Å². The number of aromatic nitrogens is 5. The maximum atomic E-state index is 11.5. The lowest BCUT2D eigenvalue weighted by atomic mass is 10.1. The molecule has 0 saturated carbocycles. The molecule has 33 heavy (non-hydrogen) atoms. The molecule has 10 heteroatoms. The number of hydrogen-bond acceptors (Lipinski definition) is 8. The molecule has 0 amide bonds. The number of pyridine rings is 1. The van der Waals surface area contributed by atoms with E-state index >= 15 is 0 Å². The second-order valence-electron chi connectivity index (χ2n) is 7.65. The molecule has 3 heterocycles. The lowest BCUT2D eigenvalue weighted by Crippen LogP contribution is -2.07. The van der Waals surface area contributed by atoms with Crippen molar-refractivity contribution in [2.45, 2.75) is 46.3 Å². The molecule has 0 aliphatic carbocycles. The molecular weight excluding hydrogens is 446 g/mol. The summed E-state index contributed by atoms with van der Waals surface area (Å²) in [6, 6.07) is 7.50. The average Bonchev–Trinajstić information content (AvgIpc) is 3.42. The van der Waals surface area contributed by atoms with Crippen LogP contribution in [0.15, 0.2) is 41.2 Å². The third kappa shape index (κ3) is 5.31. The molecule has 0 aliphatic rings. The fourth-order valence-electron chi connectivity index (χ4n) is 3.32. The summed E-state index contributed by atoms with van der Waals surface area (Å²) in [5, 5.41) is 9.84. The Morgan fingerprint density at radius 1 is 1.21 bits per heavy atom. The number of hydrogen-bond donors (Lipinski definition) is 0. The first-order chi connectivity index (χ1) is 15.9. The van der Waals surface area contributed by atoms with Crippen molar-refractivity contribution in [1.29, 1.82) is 0 Å². The molecule has 1 aromatic carbocycles. The van der Waals surface area contributed by atoms with Crippen molar-refractivity contribution < 1.29 is 18.8 Å². The van der Waals surface area contributed by atoms with Crippen molar-refractivity contribution in [3.05, 3.63) is 41.7 Å². The molecule has 9 nitrogen and oxygen atoms in total. The molecule has 4 aromatic rings. The van der Waals surface area contributed by atoms with Crippen LogP contribution in [0.1, 0.15) is 33.6 Å². The van der Waals surface area contributed by atoms with Gasteiger partial charge in [0.15, 0.2) is 0 Å². The quantitative estimate of drug-likeness (QED) is 0.317. The van der Waals surface area contributed by atoms with Crippen molar-refractivity contribution >= 4 is 28.5 Å². The summed E-state index contributed by atoms with van der Waals surface area (Å²) in [5.41, 5.74) is 2.36. The third-order valence-corrected chi connectivity index (χ3v) is 5.05. The number of rotatable bonds is 9. The number of ether oxygens (including phenoxy) is 2. The Morgan fingerprint density at radius 2 is 2.06 bits per heavy atom. The summed E-state index contributed by atoms with van der Waals surface area (Å²) in [7, 11) is 0. The molecule has 0 atom stereocenters. The van der Waals surface area contributed by atoms with Crippen LogP contribution < -0.4 is 4.74 Å². The zero-order chi connectivity index (χ0) is 23.4. The largest absolute Gasteiger partial charge is 0.474 e. The average molecular weight is 470 g/mol. The van der Waals surface area contributed by atoms with Gasteiger partial charge in [0.1, 0.15) is 5.02 Å². The number of aryl methyl sites for hydroxylation is 1. The van der Waals surface area contributed by atoms with Crippen molar-refractivity contribution in [3.63, 3.8) is 0 Å². The number of esters is 1. The van der Waals surface area contributed by atoms with Crippen LogP contribution in [0.3, 0.4) is 0 Å². The van der Waals surface area contributed by atoms with Gasteiger partial charge in [0.05, 0.1) is 30.0 Å². The van der Waals surface area contributed by atoms with Crippen molar-refractivity contribution in [2.24, 2.45) is 0 Å². The first-order valence-corrected chi connectivity index (χ1v) is 11.1. The van der Waals surface area contributed by atoms with Gasteiger partial charge in [-0.05, 0) is 51.5 Å². The number of benzene rings is 1. The van der Waals surface area contributed by atoms with Crippen LogP contribution >= 0.6 is 11.6 Å². The minimum Gasteiger partial charge on any atom is -0.474 e. The van der Waals surface area contributed by atoms with E-state index in [1.54, 1.807) is 25.4 Å². The Morgan fingerprint density at radius 3 is 2.82 bits per heavy atom. The molecule has 0 spiro atoms. The predicted molar refractivity (Wildman–Crippen MR) is 123 cm³/mol. The number of nitrogens with zero attached hydrogens (tertiary/aromatic N) is 5. The summed E-state index contributed by atoms with van der Waals surface area (Å²) >= 11 is 6.27. The van der Waals surface area contributed by atoms with Crippen LogP contribution in [-0.4, -0.2) is 43.6 Å². The highest BCUT2D eigenvalue weighted by Gasteiger charge is 2.15. The Hall–Kier alpha value is -3.46. The highest BCUT2D eigenvalue weighted by atomic mass is 35.5. The molecule has 0 radical (unpaired) electrons. The molecule has 0 N–H and O–H groups in total. The Labute approximate surface area is 195 Å². The van der Waals surface area contributed by atoms with Gasteiger partial charge in [-0.3, -0.25) is 9.48 Å². The minimum absolute atomic E-state index is 0.0345. The summed E-state index contributed by atoms with van der Waals surface area (Å²) in [6.45, 7) is 6.62. The zero-order valence-corrected chi connectivity index (χ0v) is 19.4. The highest BCUT2D eigenvalue weighted by molar-refractivity contribution is 6.32. The summed E-state index contributed by atoms with van der Waals surface area (Å²) in [6.07, 6.45) is 4.35. The Bertz CT molecular complexity index is 1270. The molecule has 3 aromatic heterocycles. The summed E-state index contributed by atoms with van der Waals surface area (Å²) in [4.78, 5) is 20.3. The van der Waals surface area contributed by atoms with Gasteiger partial charge in [-0.25, -0.2) is 4.98 Å². The first kappa shape index (κ1) is 22.7. The van der Waals surface area contributed by atoms with Gasteiger partial charge in [-0.1, -0.05) is 16.8 Å². The summed E-state index contributed by atoms with van der Waals surface area (Å²) in [5.74, 6) is 0.924. The van der Waals surface area contributed by atoms with Crippen LogP contribution in [0.4, 0.5) is 0 Å². The molecular formula is C23H24ClN5O4. The van der Waals surface area contributed by atoms with Gasteiger partial charge in [-0.15, -0.1) is 0 Å². The van der Waals surface area contributed by atoms with E-state index in [2.05, 4.69) is 20.2 Å². The van der Waals surface area contributed by atoms with E-state index in [-0.39, 0.29) is 12.1 Å². The molecule has 4 rings (SSSR count). The molecule has 0 bridgehead atoms. The lowest BCUT2D eigenvalue weighted by Gasteiger charge is -2.09. The molecule has 0 unspecified atom stereocenters. The number of carbonyl (C=O) groups is 1. The predicted octanol–water partition coefficient (Wildman–Crippen LogP) is 4.93. The maximum Gasteiger partial charge on any atom is 0.305 e. The van der Waals surface area contributed by atoms with Crippen molar-refractivity contribution in [2.75, 3.05) is 6.61 Å². The number of carbonyl (C=O) groups excluding carboxylic acids is 1. The van der Waals surface area contributed by atoms with Gasteiger partial charge in [0.25, 0.3) is 5.89 Å². The van der Waals surface area contributed by atoms with Gasteiger partial charge in [0.2, 0.25) is 11.7 Å². The second kappa shape index (κ2) is 9.99. The Kier molecular flexibility index (Phi) is 6.88. The van der Waals surface area contributed by atoms with E-state index in [4.69, 9.17) is 25.6 Å². The number of fused-ring (bicyclic) bond motifs is 1. The Balaban J connectivity index is 1.49. The van der Waals surface area contributed by atoms with Gasteiger partial charge < -0.3 is 14.0 Å². The molecule has 0 saturated heterocycles. The van der Waals surface area contributed by atoms with E-state index in [9.17, 15) is 4.79 Å². The molecule has 172 valence electrons. The van der Waals surface area contributed by atoms with Crippen LogP contribution in [0.2, 0.25) is 5.02 Å². The van der Waals surface area contributed by atoms with E-state index < -0.39 is 0 Å². The smallest absolute Gasteiger partial charge is 0.305 e. The topological polar surface area (TPSA) is 105 Å². The van der Waals surface area contributed by atoms with E-state index in [0.29, 0.717) is 54.2 Å². The van der Waals surface area contributed by atoms with Crippen LogP contribution in [0.5, 0.6) is 5.88 Å². The fraction of sp³-hybridized carbons (Fsp3) is 0.348. The van der Waals surface area contributed by atoms with Gasteiger partial charge in [0, 0.05) is 30.1 Å². The first-order valence-electron chi connectivity index (χ1n) is 10.7. The molecule has 0 fully saturated rings. The minimum atomic E-state index is -0.192. The highest BCUT2D eigenvalue weighted by Crippen LogP contribution is 2.30. The van der Waals surface area contributed by atoms with Crippen molar-refractivity contribution in [3.8, 4) is 28.7 Å². The van der Waals surface area contributed by atoms with E-state index in [0.717, 1.165) is 16.5 Å². The van der Waals surface area contributed by atoms with Crippen LogP contribution in [0.25, 0.3) is 33.7 Å². The van der Waals surface area contributed by atoms with E-state index in [1.165, 1.54) is 0 Å². The summed E-state index contributed by atoms with van der Waals surface area (Å²) < 4.78 is 17.8. The lowest BCUT2D eigenvalue weighted by molar-refractivity contribution is -0.143. The maximum absolute atomic E-state index is 11.5. The standard InChI is InChI=1S/C23H24ClN5O4/c1-4-31-20(30)6-5-9-29-19-8-7-15(10-16(19)13-26-29)21-27-22(33-28-21)17-11-18(24)23(25-12-17)32-14(2)3/h7-8,10-14H,4-6,9H2,1-3H3. The van der Waals surface area contributed by atoms with Gasteiger partial charge >= 0.3 is 5.97 Å². The van der Waals surface area contributed by atoms with E-state index in [1.807, 2.05) is 36.7 Å². The number of halogens is 1. The van der Waals surface area contributed by atoms with Crippen LogP contribution in [0, 0.1) is 0 Å². The molecule has 0 aliphatic heterocycles. The zero-order valence-electron chi connectivity index (χ0n) is 18.6. The fourth-order valence-corrected chi connectivity index (χ4v) is 3.53.